The van der Waals surface area contributed by atoms with E-state index in [0.29, 0.717) is 31.6 Å². The van der Waals surface area contributed by atoms with Gasteiger partial charge in [-0.25, -0.2) is 9.98 Å². The zero-order valence-electron chi connectivity index (χ0n) is 18.6. The maximum atomic E-state index is 5.81. The van der Waals surface area contributed by atoms with E-state index in [0.717, 1.165) is 61.3 Å². The van der Waals surface area contributed by atoms with Gasteiger partial charge in [-0.2, -0.15) is 0 Å². The molecule has 1 aromatic heterocycles. The van der Waals surface area contributed by atoms with E-state index in [1.165, 1.54) is 12.8 Å². The van der Waals surface area contributed by atoms with Crippen LogP contribution < -0.4 is 24.8 Å². The molecule has 2 N–H and O–H groups in total. The highest BCUT2D eigenvalue weighted by Crippen LogP contribution is 2.32. The second-order valence-corrected chi connectivity index (χ2v) is 8.01. The van der Waals surface area contributed by atoms with E-state index in [1.54, 1.807) is 13.3 Å². The third kappa shape index (κ3) is 7.02. The van der Waals surface area contributed by atoms with Crippen LogP contribution in [0.5, 0.6) is 17.4 Å². The molecule has 2 heterocycles. The van der Waals surface area contributed by atoms with Crippen LogP contribution in [0.1, 0.15) is 31.2 Å². The number of guanidine groups is 1. The van der Waals surface area contributed by atoms with Gasteiger partial charge < -0.3 is 29.6 Å². The molecule has 0 spiro atoms. The van der Waals surface area contributed by atoms with Crippen LogP contribution in [-0.4, -0.2) is 51.0 Å². The summed E-state index contributed by atoms with van der Waals surface area (Å²) in [5.74, 6) is 3.60. The molecule has 1 saturated carbocycles. The Hall–Kier alpha value is -3.00. The molecule has 0 bridgehead atoms. The maximum absolute atomic E-state index is 5.81. The molecule has 32 heavy (non-hydrogen) atoms. The highest BCUT2D eigenvalue weighted by molar-refractivity contribution is 5.93. The first-order valence-corrected chi connectivity index (χ1v) is 11.3. The number of hydrogen-bond acceptors (Lipinski definition) is 6. The quantitative estimate of drug-likeness (QED) is 0.331. The molecule has 0 atom stereocenters. The lowest BCUT2D eigenvalue weighted by Crippen LogP contribution is -2.32. The number of hydrogen-bond donors (Lipinski definition) is 2. The van der Waals surface area contributed by atoms with E-state index in [9.17, 15) is 0 Å². The third-order valence-electron chi connectivity index (χ3n) is 5.25. The molecular weight excluding hydrogens is 408 g/mol. The van der Waals surface area contributed by atoms with Gasteiger partial charge in [-0.15, -0.1) is 0 Å². The number of aliphatic imine (C=N–C) groups is 1. The van der Waals surface area contributed by atoms with Crippen molar-refractivity contribution < 1.29 is 18.9 Å². The van der Waals surface area contributed by atoms with Gasteiger partial charge in [0.2, 0.25) is 5.88 Å². The molecule has 1 fully saturated rings. The molecule has 0 unspecified atom stereocenters. The van der Waals surface area contributed by atoms with Crippen LogP contribution in [0.4, 0.5) is 5.69 Å². The fourth-order valence-electron chi connectivity index (χ4n) is 3.23. The summed E-state index contributed by atoms with van der Waals surface area (Å²) in [7, 11) is 1.61. The van der Waals surface area contributed by atoms with Crippen molar-refractivity contribution in [2.24, 2.45) is 10.9 Å². The Bertz CT molecular complexity index is 884. The lowest BCUT2D eigenvalue weighted by Gasteiger charge is -2.15. The molecule has 2 aromatic rings. The Morgan fingerprint density at radius 2 is 2.03 bits per heavy atom. The number of ether oxygens (including phenoxy) is 4. The predicted octanol–water partition coefficient (Wildman–Crippen LogP) is 3.63. The Morgan fingerprint density at radius 1 is 1.16 bits per heavy atom. The zero-order chi connectivity index (χ0) is 22.0. The van der Waals surface area contributed by atoms with Crippen molar-refractivity contribution in [1.29, 1.82) is 0 Å². The van der Waals surface area contributed by atoms with Crippen LogP contribution in [-0.2, 0) is 11.3 Å². The van der Waals surface area contributed by atoms with Crippen molar-refractivity contribution in [1.82, 2.24) is 10.3 Å². The van der Waals surface area contributed by atoms with Gasteiger partial charge in [0.1, 0.15) is 0 Å². The normalized spacial score (nSPS) is 15.7. The zero-order valence-corrected chi connectivity index (χ0v) is 18.6. The second-order valence-electron chi connectivity index (χ2n) is 8.01. The van der Waals surface area contributed by atoms with Crippen LogP contribution in [0.25, 0.3) is 0 Å². The maximum Gasteiger partial charge on any atom is 0.212 e. The number of fused-ring (bicyclic) bond motifs is 1. The fourth-order valence-corrected chi connectivity index (χ4v) is 3.23. The first-order valence-electron chi connectivity index (χ1n) is 11.3. The van der Waals surface area contributed by atoms with Crippen LogP contribution in [0.2, 0.25) is 0 Å². The monoisotopic (exact) mass is 440 g/mol. The summed E-state index contributed by atoms with van der Waals surface area (Å²) in [6, 6.07) is 9.66. The topological polar surface area (TPSA) is 86.2 Å². The molecule has 1 aromatic carbocycles. The summed E-state index contributed by atoms with van der Waals surface area (Å²) >= 11 is 0. The average molecular weight is 441 g/mol. The first kappa shape index (κ1) is 22.2. The minimum absolute atomic E-state index is 0.495. The average Bonchev–Trinajstić information content (AvgIpc) is 3.67. The van der Waals surface area contributed by atoms with E-state index in [4.69, 9.17) is 23.9 Å². The summed E-state index contributed by atoms with van der Waals surface area (Å²) < 4.78 is 22.4. The molecule has 1 aliphatic carbocycles. The van der Waals surface area contributed by atoms with Gasteiger partial charge in [0.25, 0.3) is 0 Å². The van der Waals surface area contributed by atoms with Crippen LogP contribution in [0.3, 0.4) is 0 Å². The second kappa shape index (κ2) is 11.6. The van der Waals surface area contributed by atoms with Gasteiger partial charge in [-0.1, -0.05) is 6.07 Å². The number of nitrogens with one attached hydrogen (secondary N) is 2. The largest absolute Gasteiger partial charge is 0.490 e. The smallest absolute Gasteiger partial charge is 0.212 e. The molecule has 0 saturated heterocycles. The summed E-state index contributed by atoms with van der Waals surface area (Å²) in [5, 5.41) is 6.78. The number of pyridine rings is 1. The molecule has 1 aliphatic heterocycles. The van der Waals surface area contributed by atoms with E-state index in [2.05, 4.69) is 15.6 Å². The van der Waals surface area contributed by atoms with Crippen molar-refractivity contribution in [2.45, 2.75) is 32.2 Å². The van der Waals surface area contributed by atoms with Crippen LogP contribution in [0.15, 0.2) is 41.5 Å². The van der Waals surface area contributed by atoms with E-state index in [1.807, 2.05) is 30.3 Å². The molecule has 2 aliphatic rings. The van der Waals surface area contributed by atoms with Gasteiger partial charge in [0.15, 0.2) is 17.5 Å². The van der Waals surface area contributed by atoms with Gasteiger partial charge in [0, 0.05) is 50.2 Å². The van der Waals surface area contributed by atoms with E-state index < -0.39 is 0 Å². The van der Waals surface area contributed by atoms with Crippen molar-refractivity contribution in [3.63, 3.8) is 0 Å². The fraction of sp³-hybridized carbons (Fsp3) is 0.500. The predicted molar refractivity (Wildman–Crippen MR) is 124 cm³/mol. The van der Waals surface area contributed by atoms with Crippen molar-refractivity contribution >= 4 is 11.6 Å². The Balaban J connectivity index is 1.36. The number of nitrogens with zero attached hydrogens (tertiary/aromatic N) is 2. The van der Waals surface area contributed by atoms with E-state index in [-0.39, 0.29) is 0 Å². The number of rotatable bonds is 10. The highest BCUT2D eigenvalue weighted by Gasteiger charge is 2.20. The van der Waals surface area contributed by atoms with Crippen molar-refractivity contribution in [3.05, 3.63) is 42.1 Å². The molecule has 8 heteroatoms. The molecule has 8 nitrogen and oxygen atoms in total. The Labute approximate surface area is 189 Å². The molecular formula is C24H32N4O4. The highest BCUT2D eigenvalue weighted by atomic mass is 16.5. The van der Waals surface area contributed by atoms with E-state index >= 15 is 0 Å². The summed E-state index contributed by atoms with van der Waals surface area (Å²) in [4.78, 5) is 8.98. The number of aromatic nitrogens is 1. The van der Waals surface area contributed by atoms with Gasteiger partial charge in [-0.05, 0) is 42.9 Å². The number of methoxy groups -OCH3 is 1. The minimum atomic E-state index is 0.495. The molecule has 0 amide bonds. The SMILES string of the molecule is COc1ccc(CN=C(NCCCOCC2CC2)Nc2ccc3c(c2)OCCCO3)cn1. The van der Waals surface area contributed by atoms with Gasteiger partial charge in [0.05, 0.1) is 26.9 Å². The lowest BCUT2D eigenvalue weighted by molar-refractivity contribution is 0.123. The van der Waals surface area contributed by atoms with Crippen molar-refractivity contribution in [3.8, 4) is 17.4 Å². The van der Waals surface area contributed by atoms with Gasteiger partial charge >= 0.3 is 0 Å². The van der Waals surface area contributed by atoms with Crippen LogP contribution in [0, 0.1) is 5.92 Å². The standard InChI is InChI=1S/C24H32N4O4/c1-29-23-9-6-19(15-26-23)16-27-24(25-10-2-11-30-17-18-4-5-18)28-20-7-8-21-22(14-20)32-13-3-12-31-21/h6-9,14-15,18H,2-5,10-13,16-17H2,1H3,(H2,25,27,28). The van der Waals surface area contributed by atoms with Crippen molar-refractivity contribution in [2.75, 3.05) is 45.4 Å². The molecule has 172 valence electrons. The number of benzene rings is 1. The Morgan fingerprint density at radius 3 is 2.81 bits per heavy atom. The molecule has 0 radical (unpaired) electrons. The lowest BCUT2D eigenvalue weighted by atomic mass is 10.2. The minimum Gasteiger partial charge on any atom is -0.490 e. The molecule has 4 rings (SSSR count). The summed E-state index contributed by atoms with van der Waals surface area (Å²) in [6.45, 7) is 4.23. The third-order valence-corrected chi connectivity index (χ3v) is 5.25. The number of anilines is 1. The summed E-state index contributed by atoms with van der Waals surface area (Å²) in [5.41, 5.74) is 1.89. The summed E-state index contributed by atoms with van der Waals surface area (Å²) in [6.07, 6.45) is 6.20. The first-order chi connectivity index (χ1) is 15.8. The van der Waals surface area contributed by atoms with Gasteiger partial charge in [-0.3, -0.25) is 0 Å². The van der Waals surface area contributed by atoms with Crippen LogP contribution >= 0.6 is 0 Å². The Kier molecular flexibility index (Phi) is 8.03.